The normalized spacial score (nSPS) is 12.7. The van der Waals surface area contributed by atoms with Crippen LogP contribution in [0.4, 0.5) is 18.9 Å². The van der Waals surface area contributed by atoms with Crippen LogP contribution in [0.2, 0.25) is 18.1 Å². The second-order valence-electron chi connectivity index (χ2n) is 5.76. The fraction of sp³-hybridized carbons (Fsp3) is 0.500. The molecule has 0 aliphatic carbocycles. The molecule has 0 saturated carbocycles. The monoisotopic (exact) mass is 277 g/mol. The highest BCUT2D eigenvalue weighted by atomic mass is 28.4. The summed E-state index contributed by atoms with van der Waals surface area (Å²) in [6, 6.07) is 0.543. The summed E-state index contributed by atoms with van der Waals surface area (Å²) in [4.78, 5) is 0. The lowest BCUT2D eigenvalue weighted by Gasteiger charge is -2.36. The summed E-state index contributed by atoms with van der Waals surface area (Å²) in [5, 5.41) is -0.227. The van der Waals surface area contributed by atoms with Gasteiger partial charge in [0.15, 0.2) is 23.2 Å². The zero-order valence-corrected chi connectivity index (χ0v) is 12.2. The van der Waals surface area contributed by atoms with E-state index in [2.05, 4.69) is 0 Å². The quantitative estimate of drug-likeness (QED) is 0.653. The molecule has 1 aromatic carbocycles. The van der Waals surface area contributed by atoms with Crippen molar-refractivity contribution in [3.63, 3.8) is 0 Å². The Labute approximate surface area is 106 Å². The van der Waals surface area contributed by atoms with E-state index in [1.54, 1.807) is 0 Å². The first-order valence-corrected chi connectivity index (χ1v) is 8.50. The third-order valence-electron chi connectivity index (χ3n) is 3.33. The molecule has 6 heteroatoms. The SMILES string of the molecule is CC(C)(C)[Si](C)(C)Oc1c(F)cc(F)c(N)c1F. The van der Waals surface area contributed by atoms with Gasteiger partial charge in [-0.1, -0.05) is 20.8 Å². The van der Waals surface area contributed by atoms with Gasteiger partial charge in [-0.25, -0.2) is 13.2 Å². The van der Waals surface area contributed by atoms with Gasteiger partial charge in [0.1, 0.15) is 5.69 Å². The molecule has 0 radical (unpaired) electrons. The molecule has 2 nitrogen and oxygen atoms in total. The Morgan fingerprint density at radius 1 is 1.11 bits per heavy atom. The Morgan fingerprint density at radius 2 is 1.61 bits per heavy atom. The van der Waals surface area contributed by atoms with Crippen molar-refractivity contribution >= 4 is 14.0 Å². The minimum atomic E-state index is -2.41. The van der Waals surface area contributed by atoms with Gasteiger partial charge in [-0.3, -0.25) is 0 Å². The maximum Gasteiger partial charge on any atom is 0.250 e. The van der Waals surface area contributed by atoms with E-state index in [0.29, 0.717) is 6.07 Å². The van der Waals surface area contributed by atoms with Crippen LogP contribution in [0, 0.1) is 17.5 Å². The summed E-state index contributed by atoms with van der Waals surface area (Å²) in [7, 11) is -2.41. The standard InChI is InChI=1S/C12H18F3NOSi/c1-12(2,3)18(4,5)17-11-8(14)6-7(13)10(16)9(11)15/h6H,16H2,1-5H3. The lowest BCUT2D eigenvalue weighted by molar-refractivity contribution is 0.419. The average molecular weight is 277 g/mol. The van der Waals surface area contributed by atoms with E-state index in [9.17, 15) is 13.2 Å². The van der Waals surface area contributed by atoms with Gasteiger partial charge in [0.05, 0.1) is 0 Å². The average Bonchev–Trinajstić information content (AvgIpc) is 2.20. The number of halogens is 3. The van der Waals surface area contributed by atoms with Gasteiger partial charge >= 0.3 is 0 Å². The highest BCUT2D eigenvalue weighted by molar-refractivity contribution is 6.74. The number of hydrogen-bond donors (Lipinski definition) is 1. The van der Waals surface area contributed by atoms with Crippen molar-refractivity contribution in [3.8, 4) is 5.75 Å². The molecular weight excluding hydrogens is 259 g/mol. The predicted molar refractivity (Wildman–Crippen MR) is 68.6 cm³/mol. The van der Waals surface area contributed by atoms with Gasteiger partial charge in [-0.15, -0.1) is 0 Å². The fourth-order valence-corrected chi connectivity index (χ4v) is 2.09. The van der Waals surface area contributed by atoms with Crippen LogP contribution in [-0.2, 0) is 0 Å². The van der Waals surface area contributed by atoms with Crippen LogP contribution in [-0.4, -0.2) is 8.32 Å². The molecule has 0 aliphatic rings. The van der Waals surface area contributed by atoms with E-state index >= 15 is 0 Å². The lowest BCUT2D eigenvalue weighted by Crippen LogP contribution is -2.44. The van der Waals surface area contributed by atoms with Crippen LogP contribution < -0.4 is 10.2 Å². The number of hydrogen-bond acceptors (Lipinski definition) is 2. The molecule has 0 spiro atoms. The molecule has 0 saturated heterocycles. The van der Waals surface area contributed by atoms with Crippen LogP contribution in [0.15, 0.2) is 6.07 Å². The van der Waals surface area contributed by atoms with E-state index < -0.39 is 37.2 Å². The van der Waals surface area contributed by atoms with Crippen LogP contribution in [0.1, 0.15) is 20.8 Å². The van der Waals surface area contributed by atoms with Crippen molar-refractivity contribution < 1.29 is 17.6 Å². The lowest BCUT2D eigenvalue weighted by atomic mass is 10.2. The second-order valence-corrected chi connectivity index (χ2v) is 10.5. The van der Waals surface area contributed by atoms with Gasteiger partial charge in [0, 0.05) is 6.07 Å². The van der Waals surface area contributed by atoms with Crippen LogP contribution in [0.25, 0.3) is 0 Å². The fourth-order valence-electron chi connectivity index (χ4n) is 1.09. The highest BCUT2D eigenvalue weighted by Gasteiger charge is 2.40. The Morgan fingerprint density at radius 3 is 2.06 bits per heavy atom. The van der Waals surface area contributed by atoms with Gasteiger partial charge in [0.2, 0.25) is 0 Å². The second kappa shape index (κ2) is 4.49. The third kappa shape index (κ3) is 2.63. The Balaban J connectivity index is 3.25. The first-order valence-electron chi connectivity index (χ1n) is 5.59. The summed E-state index contributed by atoms with van der Waals surface area (Å²) in [6.07, 6.45) is 0. The molecule has 0 amide bonds. The molecule has 2 N–H and O–H groups in total. The molecule has 0 aliphatic heterocycles. The summed E-state index contributed by atoms with van der Waals surface area (Å²) >= 11 is 0. The molecule has 0 atom stereocenters. The molecule has 102 valence electrons. The van der Waals surface area contributed by atoms with E-state index in [1.165, 1.54) is 0 Å². The Bertz CT molecular complexity index is 469. The van der Waals surface area contributed by atoms with Crippen LogP contribution in [0.3, 0.4) is 0 Å². The molecule has 0 unspecified atom stereocenters. The van der Waals surface area contributed by atoms with E-state index in [1.807, 2.05) is 33.9 Å². The van der Waals surface area contributed by atoms with Crippen LogP contribution >= 0.6 is 0 Å². The third-order valence-corrected chi connectivity index (χ3v) is 7.65. The van der Waals surface area contributed by atoms with Crippen molar-refractivity contribution in [1.82, 2.24) is 0 Å². The van der Waals surface area contributed by atoms with Crippen molar-refractivity contribution in [2.45, 2.75) is 38.9 Å². The molecule has 0 aromatic heterocycles. The van der Waals surface area contributed by atoms with Gasteiger partial charge < -0.3 is 10.2 Å². The van der Waals surface area contributed by atoms with E-state index in [-0.39, 0.29) is 5.04 Å². The van der Waals surface area contributed by atoms with Crippen molar-refractivity contribution in [2.24, 2.45) is 0 Å². The molecule has 1 rings (SSSR count). The Kier molecular flexibility index (Phi) is 3.72. The maximum atomic E-state index is 13.7. The first kappa shape index (κ1) is 14.9. The number of nitrogen functional groups attached to an aromatic ring is 1. The van der Waals surface area contributed by atoms with E-state index in [4.69, 9.17) is 10.2 Å². The molecule has 0 bridgehead atoms. The predicted octanol–water partition coefficient (Wildman–Crippen LogP) is 4.07. The molecule has 1 aromatic rings. The number of anilines is 1. The summed E-state index contributed by atoms with van der Waals surface area (Å²) in [5.74, 6) is -3.94. The minimum absolute atomic E-state index is 0.227. The smallest absolute Gasteiger partial charge is 0.250 e. The molecule has 0 heterocycles. The van der Waals surface area contributed by atoms with Gasteiger partial charge in [0.25, 0.3) is 8.32 Å². The first-order chi connectivity index (χ1) is 7.97. The van der Waals surface area contributed by atoms with Crippen molar-refractivity contribution in [2.75, 3.05) is 5.73 Å². The van der Waals surface area contributed by atoms with Gasteiger partial charge in [-0.2, -0.15) is 0 Å². The zero-order valence-electron chi connectivity index (χ0n) is 11.2. The summed E-state index contributed by atoms with van der Waals surface area (Å²) in [6.45, 7) is 9.47. The molecular formula is C12H18F3NOSi. The Hall–Kier alpha value is -1.17. The number of rotatable bonds is 2. The molecule has 18 heavy (non-hydrogen) atoms. The highest BCUT2D eigenvalue weighted by Crippen LogP contribution is 2.39. The van der Waals surface area contributed by atoms with Crippen molar-refractivity contribution in [3.05, 3.63) is 23.5 Å². The van der Waals surface area contributed by atoms with E-state index in [0.717, 1.165) is 0 Å². The molecule has 0 fully saturated rings. The minimum Gasteiger partial charge on any atom is -0.540 e. The number of benzene rings is 1. The summed E-state index contributed by atoms with van der Waals surface area (Å²) < 4.78 is 45.8. The topological polar surface area (TPSA) is 35.2 Å². The largest absolute Gasteiger partial charge is 0.540 e. The zero-order chi connectivity index (χ0) is 14.3. The maximum absolute atomic E-state index is 13.7. The number of nitrogens with two attached hydrogens (primary N) is 1. The summed E-state index contributed by atoms with van der Waals surface area (Å²) in [5.41, 5.74) is 4.48. The van der Waals surface area contributed by atoms with Gasteiger partial charge in [-0.05, 0) is 18.1 Å². The van der Waals surface area contributed by atoms with Crippen LogP contribution in [0.5, 0.6) is 5.75 Å². The van der Waals surface area contributed by atoms with Crippen molar-refractivity contribution in [1.29, 1.82) is 0 Å².